The second-order valence-corrected chi connectivity index (χ2v) is 5.48. The summed E-state index contributed by atoms with van der Waals surface area (Å²) in [6.07, 6.45) is 4.31. The van der Waals surface area contributed by atoms with Gasteiger partial charge in [0.15, 0.2) is 0 Å². The van der Waals surface area contributed by atoms with Crippen LogP contribution in [0.3, 0.4) is 0 Å². The molecule has 1 atom stereocenters. The first-order valence-electron chi connectivity index (χ1n) is 7.32. The number of nitrogen functional groups attached to an aromatic ring is 1. The third kappa shape index (κ3) is 2.56. The van der Waals surface area contributed by atoms with E-state index in [0.717, 1.165) is 41.8 Å². The van der Waals surface area contributed by atoms with Crippen LogP contribution < -0.4 is 10.6 Å². The molecular formula is C16H21N3O. The zero-order chi connectivity index (χ0) is 13.9. The predicted octanol–water partition coefficient (Wildman–Crippen LogP) is 2.56. The van der Waals surface area contributed by atoms with E-state index in [1.54, 1.807) is 0 Å². The number of hydrogen-bond donors (Lipinski definition) is 2. The molecule has 0 radical (unpaired) electrons. The van der Waals surface area contributed by atoms with Crippen molar-refractivity contribution in [2.24, 2.45) is 0 Å². The highest BCUT2D eigenvalue weighted by atomic mass is 16.2. The highest BCUT2D eigenvalue weighted by Gasteiger charge is 2.25. The molecule has 1 aromatic heterocycles. The van der Waals surface area contributed by atoms with Crippen LogP contribution >= 0.6 is 0 Å². The maximum Gasteiger partial charge on any atom is 0.129 e. The van der Waals surface area contributed by atoms with Crippen molar-refractivity contribution < 1.29 is 5.11 Å². The van der Waals surface area contributed by atoms with Gasteiger partial charge in [0, 0.05) is 30.3 Å². The zero-order valence-electron chi connectivity index (χ0n) is 11.6. The molecule has 3 N–H and O–H groups in total. The molecule has 4 heteroatoms. The van der Waals surface area contributed by atoms with Gasteiger partial charge in [-0.3, -0.25) is 0 Å². The van der Waals surface area contributed by atoms with Crippen LogP contribution in [-0.2, 0) is 0 Å². The Labute approximate surface area is 119 Å². The van der Waals surface area contributed by atoms with Crippen molar-refractivity contribution in [2.45, 2.75) is 31.7 Å². The highest BCUT2D eigenvalue weighted by Crippen LogP contribution is 2.28. The van der Waals surface area contributed by atoms with Crippen molar-refractivity contribution in [1.29, 1.82) is 0 Å². The number of aliphatic hydroxyl groups is 1. The fraction of sp³-hybridized carbons (Fsp3) is 0.438. The van der Waals surface area contributed by atoms with Crippen LogP contribution in [0.25, 0.3) is 10.9 Å². The summed E-state index contributed by atoms with van der Waals surface area (Å²) in [6.45, 7) is 1.33. The van der Waals surface area contributed by atoms with E-state index < -0.39 is 0 Å². The summed E-state index contributed by atoms with van der Waals surface area (Å²) < 4.78 is 0. The highest BCUT2D eigenvalue weighted by molar-refractivity contribution is 5.83. The van der Waals surface area contributed by atoms with Crippen molar-refractivity contribution in [3.05, 3.63) is 30.3 Å². The first kappa shape index (κ1) is 13.2. The van der Waals surface area contributed by atoms with E-state index in [9.17, 15) is 0 Å². The summed E-state index contributed by atoms with van der Waals surface area (Å²) in [5.74, 6) is 1.04. The molecule has 20 heavy (non-hydrogen) atoms. The molecule has 1 saturated heterocycles. The van der Waals surface area contributed by atoms with E-state index in [4.69, 9.17) is 15.8 Å². The molecule has 1 fully saturated rings. The second-order valence-electron chi connectivity index (χ2n) is 5.48. The Morgan fingerprint density at radius 3 is 3.05 bits per heavy atom. The summed E-state index contributed by atoms with van der Waals surface area (Å²) >= 11 is 0. The van der Waals surface area contributed by atoms with Crippen molar-refractivity contribution in [2.75, 3.05) is 23.8 Å². The summed E-state index contributed by atoms with van der Waals surface area (Å²) in [5, 5.41) is 10.1. The quantitative estimate of drug-likeness (QED) is 0.839. The van der Waals surface area contributed by atoms with Gasteiger partial charge >= 0.3 is 0 Å². The van der Waals surface area contributed by atoms with Crippen molar-refractivity contribution in [3.63, 3.8) is 0 Å². The van der Waals surface area contributed by atoms with E-state index in [2.05, 4.69) is 17.0 Å². The van der Waals surface area contributed by atoms with Gasteiger partial charge in [0.1, 0.15) is 5.82 Å². The monoisotopic (exact) mass is 271 g/mol. The molecule has 1 aromatic carbocycles. The van der Waals surface area contributed by atoms with E-state index in [1.165, 1.54) is 12.8 Å². The summed E-state index contributed by atoms with van der Waals surface area (Å²) in [7, 11) is 0. The van der Waals surface area contributed by atoms with Crippen LogP contribution in [0.1, 0.15) is 25.7 Å². The minimum atomic E-state index is 0.273. The van der Waals surface area contributed by atoms with Gasteiger partial charge in [-0.2, -0.15) is 0 Å². The fourth-order valence-corrected chi connectivity index (χ4v) is 3.06. The molecule has 2 aromatic rings. The lowest BCUT2D eigenvalue weighted by molar-refractivity contribution is 0.279. The second kappa shape index (κ2) is 5.67. The Bertz CT molecular complexity index is 599. The maximum atomic E-state index is 9.00. The van der Waals surface area contributed by atoms with Crippen LogP contribution in [0, 0.1) is 0 Å². The van der Waals surface area contributed by atoms with Gasteiger partial charge in [0.2, 0.25) is 0 Å². The van der Waals surface area contributed by atoms with Crippen molar-refractivity contribution >= 4 is 22.4 Å². The molecule has 0 aliphatic carbocycles. The molecule has 2 heterocycles. The number of rotatable bonds is 4. The molecule has 1 aliphatic heterocycles. The number of hydrogen-bond acceptors (Lipinski definition) is 4. The first-order valence-corrected chi connectivity index (χ1v) is 7.32. The Morgan fingerprint density at radius 1 is 1.30 bits per heavy atom. The molecule has 0 spiro atoms. The molecule has 3 rings (SSSR count). The molecule has 106 valence electrons. The van der Waals surface area contributed by atoms with E-state index in [-0.39, 0.29) is 6.61 Å². The number of anilines is 2. The molecule has 0 saturated carbocycles. The molecule has 0 bridgehead atoms. The lowest BCUT2D eigenvalue weighted by atomic mass is 10.1. The Kier molecular flexibility index (Phi) is 3.74. The minimum Gasteiger partial charge on any atom is -0.399 e. The number of aliphatic hydroxyl groups excluding tert-OH is 1. The maximum absolute atomic E-state index is 9.00. The van der Waals surface area contributed by atoms with Gasteiger partial charge in [0.25, 0.3) is 0 Å². The average Bonchev–Trinajstić information content (AvgIpc) is 2.93. The van der Waals surface area contributed by atoms with Gasteiger partial charge < -0.3 is 15.7 Å². The molecule has 1 unspecified atom stereocenters. The van der Waals surface area contributed by atoms with Gasteiger partial charge in [-0.25, -0.2) is 4.98 Å². The lowest BCUT2D eigenvalue weighted by Crippen LogP contribution is -2.30. The summed E-state index contributed by atoms with van der Waals surface area (Å²) in [4.78, 5) is 7.14. The molecule has 1 aliphatic rings. The number of nitrogens with two attached hydrogens (primary N) is 1. The summed E-state index contributed by atoms with van der Waals surface area (Å²) in [5.41, 5.74) is 7.56. The van der Waals surface area contributed by atoms with Crippen molar-refractivity contribution in [1.82, 2.24) is 4.98 Å². The molecule has 0 amide bonds. The predicted molar refractivity (Wildman–Crippen MR) is 82.8 cm³/mol. The third-order valence-electron chi connectivity index (χ3n) is 4.07. The van der Waals surface area contributed by atoms with Crippen LogP contribution in [0.5, 0.6) is 0 Å². The first-order chi connectivity index (χ1) is 9.78. The average molecular weight is 271 g/mol. The molecular weight excluding hydrogens is 250 g/mol. The van der Waals surface area contributed by atoms with Gasteiger partial charge in [0.05, 0.1) is 5.52 Å². The third-order valence-corrected chi connectivity index (χ3v) is 4.07. The Balaban J connectivity index is 1.87. The summed E-state index contributed by atoms with van der Waals surface area (Å²) in [6, 6.07) is 10.5. The number of fused-ring (bicyclic) bond motifs is 1. The van der Waals surface area contributed by atoms with Gasteiger partial charge in [-0.1, -0.05) is 0 Å². The van der Waals surface area contributed by atoms with E-state index in [1.807, 2.05) is 18.2 Å². The Morgan fingerprint density at radius 2 is 2.20 bits per heavy atom. The Hall–Kier alpha value is -1.81. The minimum absolute atomic E-state index is 0.273. The van der Waals surface area contributed by atoms with Crippen LogP contribution in [-0.4, -0.2) is 29.3 Å². The number of aromatic nitrogens is 1. The van der Waals surface area contributed by atoms with Crippen LogP contribution in [0.15, 0.2) is 30.3 Å². The fourth-order valence-electron chi connectivity index (χ4n) is 3.06. The standard InChI is InChI=1S/C16H21N3O/c17-13-6-7-15-12(11-13)5-8-16(18-15)19-9-1-3-14(19)4-2-10-20/h5-8,11,14,20H,1-4,9-10,17H2. The van der Waals surface area contributed by atoms with Gasteiger partial charge in [-0.05, 0) is 56.0 Å². The largest absolute Gasteiger partial charge is 0.399 e. The van der Waals surface area contributed by atoms with Crippen molar-refractivity contribution in [3.8, 4) is 0 Å². The number of benzene rings is 1. The van der Waals surface area contributed by atoms with E-state index >= 15 is 0 Å². The van der Waals surface area contributed by atoms with Crippen LogP contribution in [0.4, 0.5) is 11.5 Å². The van der Waals surface area contributed by atoms with Crippen LogP contribution in [0.2, 0.25) is 0 Å². The number of pyridine rings is 1. The topological polar surface area (TPSA) is 62.4 Å². The normalized spacial score (nSPS) is 18.9. The number of nitrogens with zero attached hydrogens (tertiary/aromatic N) is 2. The SMILES string of the molecule is Nc1ccc2nc(N3CCCC3CCCO)ccc2c1. The van der Waals surface area contributed by atoms with E-state index in [0.29, 0.717) is 6.04 Å². The lowest BCUT2D eigenvalue weighted by Gasteiger charge is -2.25. The zero-order valence-corrected chi connectivity index (χ0v) is 11.6. The molecule has 4 nitrogen and oxygen atoms in total. The van der Waals surface area contributed by atoms with Gasteiger partial charge in [-0.15, -0.1) is 0 Å². The smallest absolute Gasteiger partial charge is 0.129 e.